The summed E-state index contributed by atoms with van der Waals surface area (Å²) < 4.78 is 33.3. The van der Waals surface area contributed by atoms with Crippen molar-refractivity contribution < 1.29 is 23.4 Å². The van der Waals surface area contributed by atoms with Crippen LogP contribution in [0.2, 0.25) is 0 Å². The number of carbonyl (C=O) groups excluding carboxylic acids is 1. The highest BCUT2D eigenvalue weighted by molar-refractivity contribution is 5.70. The predicted molar refractivity (Wildman–Crippen MR) is 105 cm³/mol. The van der Waals surface area contributed by atoms with Gasteiger partial charge in [0.25, 0.3) is 6.43 Å². The molecule has 0 bridgehead atoms. The van der Waals surface area contributed by atoms with Crippen molar-refractivity contribution in [2.75, 3.05) is 31.3 Å². The largest absolute Gasteiger partial charge is 0.453 e. The van der Waals surface area contributed by atoms with Crippen LogP contribution < -0.4 is 10.6 Å². The van der Waals surface area contributed by atoms with E-state index in [1.54, 1.807) is 16.8 Å². The zero-order valence-corrected chi connectivity index (χ0v) is 16.8. The van der Waals surface area contributed by atoms with E-state index >= 15 is 0 Å². The molecule has 1 saturated carbocycles. The molecule has 2 aromatic rings. The minimum Gasteiger partial charge on any atom is -0.453 e. The molecule has 0 spiro atoms. The molecule has 2 aromatic heterocycles. The highest BCUT2D eigenvalue weighted by atomic mass is 19.3. The van der Waals surface area contributed by atoms with Gasteiger partial charge in [0.2, 0.25) is 0 Å². The van der Waals surface area contributed by atoms with E-state index in [9.17, 15) is 18.7 Å². The number of amides is 1. The average Bonchev–Trinajstić information content (AvgIpc) is 3.08. The molecule has 9 nitrogen and oxygen atoms in total. The van der Waals surface area contributed by atoms with Crippen LogP contribution in [-0.2, 0) is 17.7 Å². The Kier molecular flexibility index (Phi) is 5.22. The number of aromatic nitrogens is 3. The van der Waals surface area contributed by atoms with Gasteiger partial charge in [0.05, 0.1) is 37.7 Å². The fraction of sp³-hybridized carbons (Fsp3) is 0.526. The van der Waals surface area contributed by atoms with E-state index in [2.05, 4.69) is 4.98 Å². The fourth-order valence-corrected chi connectivity index (χ4v) is 3.99. The monoisotopic (exact) mass is 422 g/mol. The average molecular weight is 422 g/mol. The number of aliphatic hydroxyl groups excluding tert-OH is 1. The lowest BCUT2D eigenvalue weighted by molar-refractivity contribution is 0.0417. The Morgan fingerprint density at radius 2 is 2.17 bits per heavy atom. The fourth-order valence-electron chi connectivity index (χ4n) is 3.99. The number of hydrogen-bond donors (Lipinski definition) is 2. The summed E-state index contributed by atoms with van der Waals surface area (Å²) in [4.78, 5) is 19.4. The number of hydrogen-bond acceptors (Lipinski definition) is 7. The number of halogens is 2. The second-order valence-corrected chi connectivity index (χ2v) is 7.65. The molecule has 1 aliphatic heterocycles. The molecule has 11 heteroatoms. The number of methoxy groups -OCH3 is 1. The smallest absolute Gasteiger partial charge is 0.409 e. The van der Waals surface area contributed by atoms with Crippen LogP contribution in [-0.4, -0.2) is 57.7 Å². The third kappa shape index (κ3) is 3.42. The van der Waals surface area contributed by atoms with Crippen LogP contribution in [0.3, 0.4) is 0 Å². The van der Waals surface area contributed by atoms with Gasteiger partial charge in [-0.15, -0.1) is 0 Å². The summed E-state index contributed by atoms with van der Waals surface area (Å²) in [5.41, 5.74) is 7.04. The first-order valence-electron chi connectivity index (χ1n) is 9.68. The van der Waals surface area contributed by atoms with Crippen LogP contribution in [0, 0.1) is 0 Å². The van der Waals surface area contributed by atoms with Crippen LogP contribution in [0.1, 0.15) is 42.1 Å². The van der Waals surface area contributed by atoms with Crippen molar-refractivity contribution in [1.29, 1.82) is 0 Å². The molecule has 2 aliphatic rings. The second-order valence-electron chi connectivity index (χ2n) is 7.65. The normalized spacial score (nSPS) is 20.7. The molecule has 3 heterocycles. The number of anilines is 3. The number of carbonyl (C=O) groups is 1. The summed E-state index contributed by atoms with van der Waals surface area (Å²) in [6.07, 6.45) is -0.515. The standard InChI is InChI=1S/C19H24F2N6O3/c1-25(16-7-12(17(20)21)14(22)8-23-16)18-13-9-26(19(29)30-2)4-3-15(13)27(24-18)10-5-11(28)6-10/h7-8,10-11,17,28H,3-6,9,22H2,1-2H3. The quantitative estimate of drug-likeness (QED) is 0.778. The van der Waals surface area contributed by atoms with E-state index < -0.39 is 12.5 Å². The Bertz CT molecular complexity index is 960. The highest BCUT2D eigenvalue weighted by Crippen LogP contribution is 2.39. The first-order chi connectivity index (χ1) is 14.3. The van der Waals surface area contributed by atoms with E-state index in [-0.39, 0.29) is 35.8 Å². The van der Waals surface area contributed by atoms with Crippen LogP contribution >= 0.6 is 0 Å². The molecular formula is C19H24F2N6O3. The number of aliphatic hydroxyl groups is 1. The van der Waals surface area contributed by atoms with Gasteiger partial charge in [-0.2, -0.15) is 5.10 Å². The molecule has 30 heavy (non-hydrogen) atoms. The van der Waals surface area contributed by atoms with Crippen molar-refractivity contribution in [2.24, 2.45) is 0 Å². The van der Waals surface area contributed by atoms with Gasteiger partial charge in [-0.3, -0.25) is 4.68 Å². The number of nitrogen functional groups attached to an aromatic ring is 1. The predicted octanol–water partition coefficient (Wildman–Crippen LogP) is 2.39. The molecule has 0 atom stereocenters. The molecule has 4 rings (SSSR count). The molecular weight excluding hydrogens is 398 g/mol. The minimum absolute atomic E-state index is 0.0663. The van der Waals surface area contributed by atoms with E-state index in [0.29, 0.717) is 31.6 Å². The number of pyridine rings is 1. The summed E-state index contributed by atoms with van der Waals surface area (Å²) in [6.45, 7) is 0.771. The summed E-state index contributed by atoms with van der Waals surface area (Å²) >= 11 is 0. The van der Waals surface area contributed by atoms with E-state index in [4.69, 9.17) is 15.6 Å². The first kappa shape index (κ1) is 20.3. The molecule has 1 fully saturated rings. The first-order valence-corrected chi connectivity index (χ1v) is 9.68. The van der Waals surface area contributed by atoms with Gasteiger partial charge in [-0.25, -0.2) is 18.6 Å². The number of nitrogens with two attached hydrogens (primary N) is 1. The molecule has 1 amide bonds. The lowest BCUT2D eigenvalue weighted by atomic mass is 9.89. The van der Waals surface area contributed by atoms with Gasteiger partial charge in [-0.05, 0) is 18.9 Å². The van der Waals surface area contributed by atoms with Crippen LogP contribution in [0.15, 0.2) is 12.3 Å². The van der Waals surface area contributed by atoms with E-state index in [0.717, 1.165) is 11.3 Å². The Hall–Kier alpha value is -2.95. The summed E-state index contributed by atoms with van der Waals surface area (Å²) in [6, 6.07) is 1.32. The Morgan fingerprint density at radius 3 is 2.80 bits per heavy atom. The minimum atomic E-state index is -2.72. The third-order valence-corrected chi connectivity index (χ3v) is 5.78. The van der Waals surface area contributed by atoms with E-state index in [1.165, 1.54) is 19.4 Å². The number of rotatable bonds is 4. The summed E-state index contributed by atoms with van der Waals surface area (Å²) in [5.74, 6) is 0.799. The number of alkyl halides is 2. The van der Waals surface area contributed by atoms with Gasteiger partial charge in [-0.1, -0.05) is 0 Å². The Balaban J connectivity index is 1.74. The Morgan fingerprint density at radius 1 is 1.43 bits per heavy atom. The molecule has 3 N–H and O–H groups in total. The van der Waals surface area contributed by atoms with Crippen LogP contribution in [0.4, 0.5) is 30.9 Å². The van der Waals surface area contributed by atoms with Crippen LogP contribution in [0.25, 0.3) is 0 Å². The van der Waals surface area contributed by atoms with Crippen molar-refractivity contribution >= 4 is 23.4 Å². The zero-order valence-electron chi connectivity index (χ0n) is 16.8. The maximum Gasteiger partial charge on any atom is 0.409 e. The molecule has 0 unspecified atom stereocenters. The molecule has 0 aromatic carbocycles. The summed E-state index contributed by atoms with van der Waals surface area (Å²) in [7, 11) is 3.02. The topological polar surface area (TPSA) is 110 Å². The molecule has 0 saturated heterocycles. The highest BCUT2D eigenvalue weighted by Gasteiger charge is 2.36. The van der Waals surface area contributed by atoms with Crippen molar-refractivity contribution in [3.05, 3.63) is 29.1 Å². The molecule has 162 valence electrons. The lowest BCUT2D eigenvalue weighted by Crippen LogP contribution is -2.38. The molecule has 0 radical (unpaired) electrons. The van der Waals surface area contributed by atoms with Crippen molar-refractivity contribution in [3.8, 4) is 0 Å². The van der Waals surface area contributed by atoms with Gasteiger partial charge >= 0.3 is 6.09 Å². The summed E-state index contributed by atoms with van der Waals surface area (Å²) in [5, 5.41) is 14.5. The van der Waals surface area contributed by atoms with E-state index in [1.807, 2.05) is 4.68 Å². The maximum atomic E-state index is 13.3. The van der Waals surface area contributed by atoms with Crippen LogP contribution in [0.5, 0.6) is 0 Å². The second kappa shape index (κ2) is 7.71. The van der Waals surface area contributed by atoms with Gasteiger partial charge in [0, 0.05) is 36.8 Å². The van der Waals surface area contributed by atoms with Gasteiger partial charge in [0.15, 0.2) is 5.82 Å². The number of ether oxygens (including phenoxy) is 1. The van der Waals surface area contributed by atoms with Crippen molar-refractivity contribution in [2.45, 2.75) is 44.4 Å². The number of fused-ring (bicyclic) bond motifs is 1. The SMILES string of the molecule is COC(=O)N1CCc2c(c(N(C)c3cc(C(F)F)c(N)cn3)nn2C2CC(O)C2)C1. The maximum absolute atomic E-state index is 13.3. The molecule has 1 aliphatic carbocycles. The van der Waals surface area contributed by atoms with Crippen molar-refractivity contribution in [1.82, 2.24) is 19.7 Å². The van der Waals surface area contributed by atoms with Crippen molar-refractivity contribution in [3.63, 3.8) is 0 Å². The van der Waals surface area contributed by atoms with Gasteiger partial charge in [0.1, 0.15) is 5.82 Å². The van der Waals surface area contributed by atoms with Gasteiger partial charge < -0.3 is 25.4 Å². The third-order valence-electron chi connectivity index (χ3n) is 5.78. The zero-order chi connectivity index (χ0) is 21.6. The Labute approximate surface area is 172 Å². The lowest BCUT2D eigenvalue weighted by Gasteiger charge is -2.34. The number of nitrogens with zero attached hydrogens (tertiary/aromatic N) is 5.